The van der Waals surface area contributed by atoms with E-state index in [2.05, 4.69) is 15.7 Å². The predicted octanol–water partition coefficient (Wildman–Crippen LogP) is 5.81. The van der Waals surface area contributed by atoms with Gasteiger partial charge in [0, 0.05) is 23.5 Å². The average Bonchev–Trinajstić information content (AvgIpc) is 3.45. The predicted molar refractivity (Wildman–Crippen MR) is 150 cm³/mol. The standard InChI is InChI=1S/C31H28F3N5O3/c32-31(33,34)28-17-27(39(38-28)25-6-1-3-19(15-25)18-35)30(42)37-24-5-2-4-21(16-24)29(41)20-7-9-22(10-8-20)36-23-11-13-26(40)14-12-23/h1-10,15-17,23,26,29,36,40-41H,11-14H2,(H,37,42). The average molecular weight is 576 g/mol. The van der Waals surface area contributed by atoms with Gasteiger partial charge >= 0.3 is 6.18 Å². The third-order valence-corrected chi connectivity index (χ3v) is 7.21. The van der Waals surface area contributed by atoms with Crippen molar-refractivity contribution >= 4 is 17.3 Å². The summed E-state index contributed by atoms with van der Waals surface area (Å²) in [5, 5.41) is 39.5. The van der Waals surface area contributed by atoms with E-state index in [0.29, 0.717) is 17.2 Å². The third-order valence-electron chi connectivity index (χ3n) is 7.21. The fraction of sp³-hybridized carbons (Fsp3) is 0.258. The molecule has 0 radical (unpaired) electrons. The van der Waals surface area contributed by atoms with Gasteiger partial charge in [0.1, 0.15) is 11.8 Å². The van der Waals surface area contributed by atoms with Gasteiger partial charge < -0.3 is 20.8 Å². The molecule has 1 aromatic heterocycles. The molecule has 1 aliphatic carbocycles. The van der Waals surface area contributed by atoms with Crippen LogP contribution in [0.15, 0.2) is 78.9 Å². The lowest BCUT2D eigenvalue weighted by Gasteiger charge is -2.27. The molecule has 42 heavy (non-hydrogen) atoms. The molecule has 11 heteroatoms. The number of anilines is 2. The number of nitrogens with one attached hydrogen (secondary N) is 2. The van der Waals surface area contributed by atoms with E-state index in [-0.39, 0.29) is 34.8 Å². The molecular formula is C31H28F3N5O3. The first-order valence-corrected chi connectivity index (χ1v) is 13.4. The Morgan fingerprint density at radius 2 is 1.67 bits per heavy atom. The van der Waals surface area contributed by atoms with E-state index in [9.17, 15) is 33.4 Å². The summed E-state index contributed by atoms with van der Waals surface area (Å²) in [6, 6.07) is 22.3. The summed E-state index contributed by atoms with van der Waals surface area (Å²) in [5.41, 5.74) is 0.955. The highest BCUT2D eigenvalue weighted by Crippen LogP contribution is 2.31. The van der Waals surface area contributed by atoms with Gasteiger partial charge in [-0.3, -0.25) is 4.79 Å². The Morgan fingerprint density at radius 3 is 2.36 bits per heavy atom. The van der Waals surface area contributed by atoms with Gasteiger partial charge in [-0.05, 0) is 79.3 Å². The summed E-state index contributed by atoms with van der Waals surface area (Å²) in [7, 11) is 0. The van der Waals surface area contributed by atoms with Crippen molar-refractivity contribution in [2.75, 3.05) is 10.6 Å². The van der Waals surface area contributed by atoms with Crippen molar-refractivity contribution in [2.45, 2.75) is 50.1 Å². The zero-order valence-electron chi connectivity index (χ0n) is 22.3. The van der Waals surface area contributed by atoms with Crippen molar-refractivity contribution < 1.29 is 28.2 Å². The van der Waals surface area contributed by atoms with Crippen molar-refractivity contribution in [1.29, 1.82) is 5.26 Å². The minimum absolute atomic E-state index is 0.123. The van der Waals surface area contributed by atoms with Gasteiger partial charge in [0.15, 0.2) is 5.69 Å². The van der Waals surface area contributed by atoms with Crippen molar-refractivity contribution in [3.8, 4) is 11.8 Å². The van der Waals surface area contributed by atoms with Crippen LogP contribution < -0.4 is 10.6 Å². The summed E-state index contributed by atoms with van der Waals surface area (Å²) in [4.78, 5) is 13.2. The number of alkyl halides is 3. The van der Waals surface area contributed by atoms with Crippen LogP contribution in [0.25, 0.3) is 5.69 Å². The number of hydrogen-bond acceptors (Lipinski definition) is 6. The molecule has 0 spiro atoms. The smallest absolute Gasteiger partial charge is 0.393 e. The lowest BCUT2D eigenvalue weighted by atomic mass is 9.93. The molecule has 5 rings (SSSR count). The maximum absolute atomic E-state index is 13.5. The summed E-state index contributed by atoms with van der Waals surface area (Å²) in [6.07, 6.45) is -2.74. The Morgan fingerprint density at radius 1 is 0.952 bits per heavy atom. The maximum atomic E-state index is 13.5. The summed E-state index contributed by atoms with van der Waals surface area (Å²) >= 11 is 0. The molecule has 1 fully saturated rings. The fourth-order valence-corrected chi connectivity index (χ4v) is 4.98. The summed E-state index contributed by atoms with van der Waals surface area (Å²) in [5.74, 6) is -0.849. The minimum atomic E-state index is -4.79. The van der Waals surface area contributed by atoms with Crippen LogP contribution in [-0.4, -0.2) is 38.0 Å². The molecule has 4 aromatic rings. The van der Waals surface area contributed by atoms with Crippen LogP contribution in [-0.2, 0) is 6.18 Å². The second-order valence-electron chi connectivity index (χ2n) is 10.2. The Bertz CT molecular complexity index is 1600. The van der Waals surface area contributed by atoms with Crippen molar-refractivity contribution in [1.82, 2.24) is 9.78 Å². The molecule has 1 unspecified atom stereocenters. The van der Waals surface area contributed by atoms with Crippen molar-refractivity contribution in [3.63, 3.8) is 0 Å². The van der Waals surface area contributed by atoms with Gasteiger partial charge in [0.25, 0.3) is 5.91 Å². The molecule has 4 N–H and O–H groups in total. The van der Waals surface area contributed by atoms with Gasteiger partial charge in [-0.2, -0.15) is 23.5 Å². The summed E-state index contributed by atoms with van der Waals surface area (Å²) in [6.45, 7) is 0. The first kappa shape index (κ1) is 28.9. The van der Waals surface area contributed by atoms with E-state index in [0.717, 1.165) is 36.1 Å². The molecule has 1 heterocycles. The number of halogens is 3. The zero-order chi connectivity index (χ0) is 29.9. The first-order valence-electron chi connectivity index (χ1n) is 13.4. The van der Waals surface area contributed by atoms with Gasteiger partial charge in [-0.15, -0.1) is 0 Å². The molecule has 1 aliphatic rings. The Balaban J connectivity index is 1.33. The highest BCUT2D eigenvalue weighted by atomic mass is 19.4. The van der Waals surface area contributed by atoms with Crippen LogP contribution >= 0.6 is 0 Å². The molecular weight excluding hydrogens is 547 g/mol. The van der Waals surface area contributed by atoms with Crippen LogP contribution in [0.4, 0.5) is 24.5 Å². The number of aliphatic hydroxyl groups excluding tert-OH is 2. The molecule has 3 aromatic carbocycles. The molecule has 0 bridgehead atoms. The van der Waals surface area contributed by atoms with Crippen LogP contribution in [0.2, 0.25) is 0 Å². The molecule has 0 saturated heterocycles. The number of hydrogen-bond donors (Lipinski definition) is 4. The summed E-state index contributed by atoms with van der Waals surface area (Å²) < 4.78 is 41.3. The minimum Gasteiger partial charge on any atom is -0.393 e. The quantitative estimate of drug-likeness (QED) is 0.221. The van der Waals surface area contributed by atoms with Gasteiger partial charge in [-0.1, -0.05) is 30.3 Å². The van der Waals surface area contributed by atoms with Gasteiger partial charge in [0.2, 0.25) is 0 Å². The van der Waals surface area contributed by atoms with E-state index in [1.165, 1.54) is 24.3 Å². The van der Waals surface area contributed by atoms with E-state index < -0.39 is 23.9 Å². The van der Waals surface area contributed by atoms with E-state index in [4.69, 9.17) is 0 Å². The Labute approximate surface area is 240 Å². The second-order valence-corrected chi connectivity index (χ2v) is 10.2. The fourth-order valence-electron chi connectivity index (χ4n) is 4.98. The topological polar surface area (TPSA) is 123 Å². The van der Waals surface area contributed by atoms with E-state index in [1.807, 2.05) is 18.2 Å². The highest BCUT2D eigenvalue weighted by Gasteiger charge is 2.36. The van der Waals surface area contributed by atoms with Crippen molar-refractivity contribution in [3.05, 3.63) is 107 Å². The monoisotopic (exact) mass is 575 g/mol. The number of benzene rings is 3. The van der Waals surface area contributed by atoms with Crippen LogP contribution in [0.3, 0.4) is 0 Å². The van der Waals surface area contributed by atoms with Crippen LogP contribution in [0, 0.1) is 11.3 Å². The number of aromatic nitrogens is 2. The number of nitriles is 1. The molecule has 1 amide bonds. The number of nitrogens with zero attached hydrogens (tertiary/aromatic N) is 3. The SMILES string of the molecule is N#Cc1cccc(-n2nc(C(F)(F)F)cc2C(=O)Nc2cccc(C(O)c3ccc(NC4CCC(O)CC4)cc3)c2)c1. The molecule has 1 saturated carbocycles. The molecule has 0 aliphatic heterocycles. The van der Waals surface area contributed by atoms with Crippen LogP contribution in [0.5, 0.6) is 0 Å². The molecule has 1 atom stereocenters. The number of aliphatic hydroxyl groups is 2. The lowest BCUT2D eigenvalue weighted by Crippen LogP contribution is -2.28. The normalized spacial score (nSPS) is 17.7. The third kappa shape index (κ3) is 6.62. The Hall–Kier alpha value is -4.66. The van der Waals surface area contributed by atoms with Gasteiger partial charge in [0.05, 0.1) is 23.4 Å². The maximum Gasteiger partial charge on any atom is 0.435 e. The van der Waals surface area contributed by atoms with Gasteiger partial charge in [-0.25, -0.2) is 4.68 Å². The number of amides is 1. The van der Waals surface area contributed by atoms with E-state index >= 15 is 0 Å². The zero-order valence-corrected chi connectivity index (χ0v) is 22.3. The molecule has 8 nitrogen and oxygen atoms in total. The van der Waals surface area contributed by atoms with E-state index in [1.54, 1.807) is 36.4 Å². The molecule has 216 valence electrons. The number of rotatable bonds is 7. The largest absolute Gasteiger partial charge is 0.435 e. The first-order chi connectivity index (χ1) is 20.1. The number of carbonyl (C=O) groups is 1. The Kier molecular flexibility index (Phi) is 8.29. The number of carbonyl (C=O) groups excluding carboxylic acids is 1. The lowest BCUT2D eigenvalue weighted by molar-refractivity contribution is -0.141. The van der Waals surface area contributed by atoms with Crippen LogP contribution in [0.1, 0.15) is 64.7 Å². The highest BCUT2D eigenvalue weighted by molar-refractivity contribution is 6.03. The second kappa shape index (κ2) is 12.1. The van der Waals surface area contributed by atoms with Crippen molar-refractivity contribution in [2.24, 2.45) is 0 Å².